The summed E-state index contributed by atoms with van der Waals surface area (Å²) >= 11 is 0. The van der Waals surface area contributed by atoms with Gasteiger partial charge in [0.15, 0.2) is 0 Å². The lowest BCUT2D eigenvalue weighted by Gasteiger charge is -2.19. The summed E-state index contributed by atoms with van der Waals surface area (Å²) < 4.78 is 4.38. The summed E-state index contributed by atoms with van der Waals surface area (Å²) in [5, 5.41) is 34.7. The van der Waals surface area contributed by atoms with Crippen molar-refractivity contribution in [1.29, 1.82) is 15.8 Å². The van der Waals surface area contributed by atoms with Crippen molar-refractivity contribution in [3.05, 3.63) is 168 Å². The summed E-state index contributed by atoms with van der Waals surface area (Å²) in [6.07, 6.45) is 0. The maximum absolute atomic E-state index is 10.6. The lowest BCUT2D eigenvalue weighted by molar-refractivity contribution is 1.17. The van der Waals surface area contributed by atoms with Crippen LogP contribution in [-0.4, -0.2) is 9.13 Å². The SMILES string of the molecule is N#Cc1ccc2c(c1)c1cccc(C#N)c1n2-c1cccc(C#N)c1-c1ccccc1-c1cccc(-n2c3ccccc3c3ccccc32)c1. The zero-order valence-electron chi connectivity index (χ0n) is 26.7. The number of nitrogens with zero attached hydrogens (tertiary/aromatic N) is 5. The average Bonchev–Trinajstić information content (AvgIpc) is 3.70. The molecule has 0 unspecified atom stereocenters. The minimum atomic E-state index is 0.512. The highest BCUT2D eigenvalue weighted by Gasteiger charge is 2.22. The Labute approximate surface area is 287 Å². The molecule has 5 nitrogen and oxygen atoms in total. The highest BCUT2D eigenvalue weighted by atomic mass is 15.0. The molecule has 9 rings (SSSR count). The molecule has 0 aliphatic carbocycles. The lowest BCUT2D eigenvalue weighted by atomic mass is 9.90. The minimum absolute atomic E-state index is 0.512. The normalized spacial score (nSPS) is 11.1. The van der Waals surface area contributed by atoms with E-state index < -0.39 is 0 Å². The Morgan fingerprint density at radius 3 is 1.78 bits per heavy atom. The molecule has 230 valence electrons. The van der Waals surface area contributed by atoms with E-state index >= 15 is 0 Å². The number of para-hydroxylation sites is 3. The third-order valence-corrected chi connectivity index (χ3v) is 9.63. The quantitative estimate of drug-likeness (QED) is 0.193. The van der Waals surface area contributed by atoms with E-state index in [1.165, 1.54) is 10.8 Å². The molecule has 0 spiro atoms. The molecule has 0 aliphatic heterocycles. The van der Waals surface area contributed by atoms with Crippen molar-refractivity contribution in [1.82, 2.24) is 9.13 Å². The van der Waals surface area contributed by atoms with Gasteiger partial charge < -0.3 is 9.13 Å². The van der Waals surface area contributed by atoms with Crippen LogP contribution in [0.1, 0.15) is 16.7 Å². The maximum Gasteiger partial charge on any atom is 0.101 e. The summed E-state index contributed by atoms with van der Waals surface area (Å²) in [7, 11) is 0. The van der Waals surface area contributed by atoms with Gasteiger partial charge in [-0.05, 0) is 77.4 Å². The summed E-state index contributed by atoms with van der Waals surface area (Å²) in [4.78, 5) is 0. The van der Waals surface area contributed by atoms with Crippen LogP contribution in [0.3, 0.4) is 0 Å². The second kappa shape index (κ2) is 11.4. The van der Waals surface area contributed by atoms with Gasteiger partial charge in [-0.1, -0.05) is 91.0 Å². The van der Waals surface area contributed by atoms with E-state index in [4.69, 9.17) is 0 Å². The Kier molecular flexibility index (Phi) is 6.56. The van der Waals surface area contributed by atoms with Crippen molar-refractivity contribution in [2.24, 2.45) is 0 Å². The van der Waals surface area contributed by atoms with E-state index in [0.29, 0.717) is 16.7 Å². The molecule has 9 aromatic rings. The van der Waals surface area contributed by atoms with Crippen molar-refractivity contribution >= 4 is 43.6 Å². The van der Waals surface area contributed by atoms with E-state index in [1.807, 2.05) is 60.7 Å². The molecule has 0 saturated heterocycles. The van der Waals surface area contributed by atoms with E-state index in [2.05, 4.69) is 112 Å². The second-order valence-electron chi connectivity index (χ2n) is 12.3. The van der Waals surface area contributed by atoms with Gasteiger partial charge in [0.05, 0.1) is 56.6 Å². The second-order valence-corrected chi connectivity index (χ2v) is 12.3. The third kappa shape index (κ3) is 4.24. The molecule has 0 amide bonds. The number of fused-ring (bicyclic) bond motifs is 6. The Balaban J connectivity index is 1.32. The largest absolute Gasteiger partial charge is 0.309 e. The van der Waals surface area contributed by atoms with Gasteiger partial charge in [0.1, 0.15) is 6.07 Å². The molecule has 0 N–H and O–H groups in total. The van der Waals surface area contributed by atoms with Gasteiger partial charge in [-0.15, -0.1) is 0 Å². The van der Waals surface area contributed by atoms with Gasteiger partial charge in [-0.2, -0.15) is 15.8 Å². The van der Waals surface area contributed by atoms with Crippen LogP contribution in [0.4, 0.5) is 0 Å². The highest BCUT2D eigenvalue weighted by molar-refractivity contribution is 6.12. The zero-order valence-corrected chi connectivity index (χ0v) is 26.7. The molecule has 0 fully saturated rings. The van der Waals surface area contributed by atoms with Crippen LogP contribution in [0.2, 0.25) is 0 Å². The predicted octanol–water partition coefficient (Wildman–Crippen LogP) is 10.8. The van der Waals surface area contributed by atoms with Gasteiger partial charge >= 0.3 is 0 Å². The fourth-order valence-corrected chi connectivity index (χ4v) is 7.55. The number of benzene rings is 7. The van der Waals surface area contributed by atoms with Crippen molar-refractivity contribution in [3.63, 3.8) is 0 Å². The fourth-order valence-electron chi connectivity index (χ4n) is 7.55. The van der Waals surface area contributed by atoms with Gasteiger partial charge in [-0.25, -0.2) is 0 Å². The molecular formula is C45H25N5. The highest BCUT2D eigenvalue weighted by Crippen LogP contribution is 2.42. The topological polar surface area (TPSA) is 81.2 Å². The molecule has 0 atom stereocenters. The molecule has 0 bridgehead atoms. The smallest absolute Gasteiger partial charge is 0.101 e. The van der Waals surface area contributed by atoms with Crippen LogP contribution in [0.5, 0.6) is 0 Å². The first-order valence-corrected chi connectivity index (χ1v) is 16.3. The van der Waals surface area contributed by atoms with Gasteiger partial charge in [0.2, 0.25) is 0 Å². The minimum Gasteiger partial charge on any atom is -0.309 e. The molecule has 5 heteroatoms. The van der Waals surface area contributed by atoms with Crippen molar-refractivity contribution in [3.8, 4) is 51.8 Å². The predicted molar refractivity (Wildman–Crippen MR) is 200 cm³/mol. The van der Waals surface area contributed by atoms with E-state index in [1.54, 1.807) is 6.07 Å². The molecule has 0 aliphatic rings. The molecule has 2 heterocycles. The van der Waals surface area contributed by atoms with Gasteiger partial charge in [-0.3, -0.25) is 0 Å². The van der Waals surface area contributed by atoms with Gasteiger partial charge in [0, 0.05) is 32.8 Å². The summed E-state index contributed by atoms with van der Waals surface area (Å²) in [6, 6.07) is 57.8. The van der Waals surface area contributed by atoms with Crippen molar-refractivity contribution in [2.45, 2.75) is 0 Å². The molecule has 0 saturated carbocycles. The first-order chi connectivity index (χ1) is 24.7. The van der Waals surface area contributed by atoms with Crippen LogP contribution in [0.15, 0.2) is 152 Å². The number of rotatable bonds is 4. The number of aromatic nitrogens is 2. The van der Waals surface area contributed by atoms with E-state index in [0.717, 1.165) is 66.5 Å². The standard InChI is InChI=1S/C45H25N5/c46-26-29-22-23-42-39(24-29)38-18-8-12-32(28-48)45(38)50(42)43-21-9-11-31(27-47)44(43)37-17-2-1-14-34(37)30-10-7-13-33(25-30)49-40-19-5-3-15-35(40)36-16-4-6-20-41(36)49/h1-25H. The Hall–Kier alpha value is -7.39. The van der Waals surface area contributed by atoms with Crippen molar-refractivity contribution in [2.75, 3.05) is 0 Å². The molecule has 7 aromatic carbocycles. The summed E-state index contributed by atoms with van der Waals surface area (Å²) in [5.41, 5.74) is 10.9. The Morgan fingerprint density at radius 1 is 0.420 bits per heavy atom. The third-order valence-electron chi connectivity index (χ3n) is 9.63. The molecule has 50 heavy (non-hydrogen) atoms. The first kappa shape index (κ1) is 28.8. The van der Waals surface area contributed by atoms with Crippen LogP contribution in [0.25, 0.3) is 77.2 Å². The maximum atomic E-state index is 10.6. The number of hydrogen-bond donors (Lipinski definition) is 0. The van der Waals surface area contributed by atoms with Crippen LogP contribution < -0.4 is 0 Å². The van der Waals surface area contributed by atoms with Crippen LogP contribution in [0, 0.1) is 34.0 Å². The monoisotopic (exact) mass is 635 g/mol. The lowest BCUT2D eigenvalue weighted by Crippen LogP contribution is -2.01. The number of hydrogen-bond acceptors (Lipinski definition) is 3. The Morgan fingerprint density at radius 2 is 1.04 bits per heavy atom. The molecular weight excluding hydrogens is 611 g/mol. The average molecular weight is 636 g/mol. The van der Waals surface area contributed by atoms with E-state index in [-0.39, 0.29) is 0 Å². The zero-order chi connectivity index (χ0) is 33.8. The Bertz CT molecular complexity index is 2920. The van der Waals surface area contributed by atoms with Crippen molar-refractivity contribution < 1.29 is 0 Å². The number of nitriles is 3. The molecule has 2 aromatic heterocycles. The molecule has 0 radical (unpaired) electrons. The van der Waals surface area contributed by atoms with E-state index in [9.17, 15) is 15.8 Å². The van der Waals surface area contributed by atoms with Crippen LogP contribution in [-0.2, 0) is 0 Å². The van der Waals surface area contributed by atoms with Gasteiger partial charge in [0.25, 0.3) is 0 Å². The van der Waals surface area contributed by atoms with Crippen LogP contribution >= 0.6 is 0 Å². The fraction of sp³-hybridized carbons (Fsp3) is 0. The summed E-state index contributed by atoms with van der Waals surface area (Å²) in [6.45, 7) is 0. The summed E-state index contributed by atoms with van der Waals surface area (Å²) in [5.74, 6) is 0. The first-order valence-electron chi connectivity index (χ1n) is 16.3.